The minimum Gasteiger partial charge on any atom is -0.298 e. The van der Waals surface area contributed by atoms with Crippen LogP contribution in [0.2, 0.25) is 0 Å². The van der Waals surface area contributed by atoms with Crippen LogP contribution >= 0.6 is 0 Å². The van der Waals surface area contributed by atoms with E-state index in [1.165, 1.54) is 166 Å². The molecule has 0 radical (unpaired) electrons. The van der Waals surface area contributed by atoms with Crippen molar-refractivity contribution in [3.8, 4) is 0 Å². The molecule has 1 atom stereocenters. The zero-order valence-electron chi connectivity index (χ0n) is 37.2. The summed E-state index contributed by atoms with van der Waals surface area (Å²) in [6.45, 7) is 32.2. The molecular weight excluding hydrogens is 619 g/mol. The van der Waals surface area contributed by atoms with Crippen LogP contribution in [0.15, 0.2) is 12.4 Å². The van der Waals surface area contributed by atoms with Gasteiger partial charge in [0.2, 0.25) is 0 Å². The minimum absolute atomic E-state index is 0.0290. The van der Waals surface area contributed by atoms with E-state index in [4.69, 9.17) is 5.10 Å². The van der Waals surface area contributed by atoms with Gasteiger partial charge in [0, 0.05) is 11.7 Å². The SMILES string of the molecule is CCCCCCCC(C)(CCCC)C1CCN(C(C)(C)CC(C)(C)n2cc(CC(C)(C)C(C)(CCCCCCC)CCCCCCC)cn2)CC1. The van der Waals surface area contributed by atoms with Crippen LogP contribution in [0.4, 0.5) is 0 Å². The summed E-state index contributed by atoms with van der Waals surface area (Å²) in [6, 6.07) is 0. The topological polar surface area (TPSA) is 21.1 Å². The molecule has 0 bridgehead atoms. The lowest BCUT2D eigenvalue weighted by atomic mass is 9.59. The molecule has 0 aromatic carbocycles. The van der Waals surface area contributed by atoms with E-state index in [2.05, 4.69) is 105 Å². The molecule has 0 amide bonds. The maximum absolute atomic E-state index is 5.09. The lowest BCUT2D eigenvalue weighted by Crippen LogP contribution is -2.53. The van der Waals surface area contributed by atoms with Crippen molar-refractivity contribution in [1.29, 1.82) is 0 Å². The highest BCUT2D eigenvalue weighted by Crippen LogP contribution is 2.49. The highest BCUT2D eigenvalue weighted by atomic mass is 15.3. The molecule has 1 aliphatic heterocycles. The molecule has 2 rings (SSSR count). The summed E-state index contributed by atoms with van der Waals surface area (Å²) in [6.07, 6.45) is 38.7. The number of hydrogen-bond donors (Lipinski definition) is 0. The molecule has 51 heavy (non-hydrogen) atoms. The highest BCUT2D eigenvalue weighted by Gasteiger charge is 2.42. The van der Waals surface area contributed by atoms with Gasteiger partial charge in [-0.05, 0) is 120 Å². The van der Waals surface area contributed by atoms with Gasteiger partial charge in [-0.2, -0.15) is 5.10 Å². The Labute approximate surface area is 321 Å². The van der Waals surface area contributed by atoms with Crippen LogP contribution in [-0.4, -0.2) is 33.3 Å². The Morgan fingerprint density at radius 3 is 1.51 bits per heavy atom. The van der Waals surface area contributed by atoms with E-state index in [0.717, 1.165) is 18.8 Å². The summed E-state index contributed by atoms with van der Waals surface area (Å²) in [5, 5.41) is 5.09. The summed E-state index contributed by atoms with van der Waals surface area (Å²) in [7, 11) is 0. The number of aromatic nitrogens is 2. The standard InChI is InChI=1S/C48H93N3/c1-13-17-21-24-27-33-47(11,32-20-16-4)43-30-36-50(37-31-43)45(7,8)41-46(9,10)51-40-42(39-49-51)38-44(5,6)48(12,34-28-25-22-18-14-2)35-29-26-23-19-15-3/h39-40,43H,13-38,41H2,1-12H3. The number of hydrogen-bond acceptors (Lipinski definition) is 2. The first kappa shape index (κ1) is 46.3. The van der Waals surface area contributed by atoms with Crippen molar-refractivity contribution in [3.05, 3.63) is 18.0 Å². The molecule has 1 aromatic rings. The van der Waals surface area contributed by atoms with Crippen LogP contribution in [0.25, 0.3) is 0 Å². The largest absolute Gasteiger partial charge is 0.298 e. The van der Waals surface area contributed by atoms with Gasteiger partial charge in [-0.15, -0.1) is 0 Å². The average Bonchev–Trinajstić information content (AvgIpc) is 3.55. The molecule has 0 saturated carbocycles. The number of nitrogens with zero attached hydrogens (tertiary/aromatic N) is 3. The molecule has 1 unspecified atom stereocenters. The van der Waals surface area contributed by atoms with E-state index in [1.54, 1.807) is 0 Å². The summed E-state index contributed by atoms with van der Waals surface area (Å²) < 4.78 is 2.33. The van der Waals surface area contributed by atoms with Gasteiger partial charge in [-0.3, -0.25) is 9.58 Å². The van der Waals surface area contributed by atoms with Crippen LogP contribution < -0.4 is 0 Å². The van der Waals surface area contributed by atoms with Crippen molar-refractivity contribution in [2.75, 3.05) is 13.1 Å². The van der Waals surface area contributed by atoms with Crippen molar-refractivity contribution in [2.45, 2.75) is 255 Å². The van der Waals surface area contributed by atoms with Gasteiger partial charge in [0.05, 0.1) is 11.7 Å². The van der Waals surface area contributed by atoms with Crippen molar-refractivity contribution in [3.63, 3.8) is 0 Å². The highest BCUT2D eigenvalue weighted by molar-refractivity contribution is 5.11. The summed E-state index contributed by atoms with van der Waals surface area (Å²) in [5.41, 5.74) is 2.67. The number of rotatable bonds is 29. The second kappa shape index (κ2) is 22.5. The van der Waals surface area contributed by atoms with Gasteiger partial charge < -0.3 is 0 Å². The Balaban J connectivity index is 2.07. The van der Waals surface area contributed by atoms with Gasteiger partial charge in [-0.25, -0.2) is 0 Å². The quantitative estimate of drug-likeness (QED) is 0.0771. The predicted molar refractivity (Wildman–Crippen MR) is 228 cm³/mol. The molecule has 1 aliphatic rings. The van der Waals surface area contributed by atoms with E-state index in [-0.39, 0.29) is 16.5 Å². The van der Waals surface area contributed by atoms with E-state index in [1.807, 2.05) is 0 Å². The van der Waals surface area contributed by atoms with Gasteiger partial charge in [0.25, 0.3) is 0 Å². The molecule has 0 N–H and O–H groups in total. The molecule has 300 valence electrons. The fourth-order valence-corrected chi connectivity index (χ4v) is 10.2. The fourth-order valence-electron chi connectivity index (χ4n) is 10.2. The van der Waals surface area contributed by atoms with Crippen molar-refractivity contribution >= 4 is 0 Å². The Kier molecular flexibility index (Phi) is 20.5. The van der Waals surface area contributed by atoms with E-state index in [0.29, 0.717) is 10.8 Å². The normalized spacial score (nSPS) is 16.9. The summed E-state index contributed by atoms with van der Waals surface area (Å²) in [5.74, 6) is 0.880. The van der Waals surface area contributed by atoms with Gasteiger partial charge in [0.15, 0.2) is 0 Å². The molecule has 0 spiro atoms. The minimum atomic E-state index is -0.0290. The molecular formula is C48H93N3. The first-order chi connectivity index (χ1) is 24.1. The van der Waals surface area contributed by atoms with Gasteiger partial charge >= 0.3 is 0 Å². The second-order valence-corrected chi connectivity index (χ2v) is 20.2. The maximum Gasteiger partial charge on any atom is 0.0589 e. The second-order valence-electron chi connectivity index (χ2n) is 20.2. The number of piperidine rings is 1. The Hall–Kier alpha value is -0.830. The van der Waals surface area contributed by atoms with Crippen LogP contribution in [0.1, 0.15) is 243 Å². The third-order valence-corrected chi connectivity index (χ3v) is 14.4. The molecule has 3 nitrogen and oxygen atoms in total. The van der Waals surface area contributed by atoms with Crippen LogP contribution in [0, 0.1) is 22.2 Å². The van der Waals surface area contributed by atoms with Gasteiger partial charge in [-0.1, -0.05) is 165 Å². The van der Waals surface area contributed by atoms with Gasteiger partial charge in [0.1, 0.15) is 0 Å². The lowest BCUT2D eigenvalue weighted by molar-refractivity contribution is 0.00594. The Morgan fingerprint density at radius 1 is 0.569 bits per heavy atom. The average molecular weight is 712 g/mol. The molecule has 1 aromatic heterocycles. The van der Waals surface area contributed by atoms with Crippen LogP contribution in [0.3, 0.4) is 0 Å². The van der Waals surface area contributed by atoms with Crippen molar-refractivity contribution in [2.24, 2.45) is 22.2 Å². The third kappa shape index (κ3) is 15.1. The van der Waals surface area contributed by atoms with Crippen molar-refractivity contribution in [1.82, 2.24) is 14.7 Å². The van der Waals surface area contributed by atoms with E-state index in [9.17, 15) is 0 Å². The number of unbranched alkanes of at least 4 members (excludes halogenated alkanes) is 13. The molecule has 1 saturated heterocycles. The lowest BCUT2D eigenvalue weighted by Gasteiger charge is -2.49. The summed E-state index contributed by atoms with van der Waals surface area (Å²) >= 11 is 0. The Bertz CT molecular complexity index is 1010. The van der Waals surface area contributed by atoms with E-state index >= 15 is 0 Å². The first-order valence-electron chi connectivity index (χ1n) is 22.9. The zero-order chi connectivity index (χ0) is 38.0. The molecule has 2 heterocycles. The Morgan fingerprint density at radius 2 is 1.02 bits per heavy atom. The fraction of sp³-hybridized carbons (Fsp3) is 0.938. The monoisotopic (exact) mass is 712 g/mol. The molecule has 0 aliphatic carbocycles. The van der Waals surface area contributed by atoms with Crippen LogP contribution in [-0.2, 0) is 12.0 Å². The third-order valence-electron chi connectivity index (χ3n) is 14.4. The van der Waals surface area contributed by atoms with E-state index < -0.39 is 0 Å². The predicted octanol–water partition coefficient (Wildman–Crippen LogP) is 15.4. The first-order valence-corrected chi connectivity index (χ1v) is 22.9. The van der Waals surface area contributed by atoms with Crippen molar-refractivity contribution < 1.29 is 0 Å². The summed E-state index contributed by atoms with van der Waals surface area (Å²) in [4.78, 5) is 2.84. The molecule has 3 heteroatoms. The smallest absolute Gasteiger partial charge is 0.0589 e. The number of likely N-dealkylation sites (tertiary alicyclic amines) is 1. The van der Waals surface area contributed by atoms with Crippen LogP contribution in [0.5, 0.6) is 0 Å². The maximum atomic E-state index is 5.09. The zero-order valence-corrected chi connectivity index (χ0v) is 37.2. The molecule has 1 fully saturated rings.